The third-order valence-corrected chi connectivity index (χ3v) is 3.41. The largest absolute Gasteiger partial charge is 0.311 e. The van der Waals surface area contributed by atoms with Gasteiger partial charge in [0, 0.05) is 6.04 Å². The first-order valence-electron chi connectivity index (χ1n) is 6.27. The van der Waals surface area contributed by atoms with E-state index in [9.17, 15) is 4.39 Å². The van der Waals surface area contributed by atoms with Gasteiger partial charge in [-0.3, -0.25) is 0 Å². The maximum atomic E-state index is 14.2. The number of nitrogens with one attached hydrogen (secondary N) is 1. The minimum absolute atomic E-state index is 0.0150. The number of hydrogen-bond acceptors (Lipinski definition) is 1. The first-order chi connectivity index (χ1) is 7.81. The van der Waals surface area contributed by atoms with E-state index in [1.807, 2.05) is 24.3 Å². The highest BCUT2D eigenvalue weighted by Crippen LogP contribution is 2.26. The van der Waals surface area contributed by atoms with Crippen LogP contribution < -0.4 is 5.32 Å². The van der Waals surface area contributed by atoms with Crippen LogP contribution in [0.2, 0.25) is 0 Å². The second-order valence-electron chi connectivity index (χ2n) is 4.55. The van der Waals surface area contributed by atoms with E-state index in [1.165, 1.54) is 12.0 Å². The van der Waals surface area contributed by atoms with Crippen LogP contribution in [-0.2, 0) is 6.42 Å². The topological polar surface area (TPSA) is 12.0 Å². The fourth-order valence-corrected chi connectivity index (χ4v) is 2.30. The van der Waals surface area contributed by atoms with E-state index in [0.717, 1.165) is 31.4 Å². The van der Waals surface area contributed by atoms with E-state index in [1.54, 1.807) is 0 Å². The second kappa shape index (κ2) is 5.44. The number of halogens is 1. The summed E-state index contributed by atoms with van der Waals surface area (Å²) >= 11 is 0. The summed E-state index contributed by atoms with van der Waals surface area (Å²) < 4.78 is 14.2. The lowest BCUT2D eigenvalue weighted by atomic mass is 9.95. The van der Waals surface area contributed by atoms with E-state index >= 15 is 0 Å². The number of aryl methyl sites for hydroxylation is 1. The van der Waals surface area contributed by atoms with E-state index < -0.39 is 6.17 Å². The zero-order valence-electron chi connectivity index (χ0n) is 9.88. The van der Waals surface area contributed by atoms with Crippen molar-refractivity contribution < 1.29 is 4.39 Å². The zero-order valence-corrected chi connectivity index (χ0v) is 9.88. The van der Waals surface area contributed by atoms with Crippen LogP contribution in [-0.4, -0.2) is 12.6 Å². The van der Waals surface area contributed by atoms with Gasteiger partial charge in [-0.15, -0.1) is 0 Å². The Kier molecular flexibility index (Phi) is 3.94. The Balaban J connectivity index is 2.04. The SMILES string of the molecule is CCc1ccc(C(F)C2CCCCN2)cc1. The van der Waals surface area contributed by atoms with Crippen molar-refractivity contribution in [1.29, 1.82) is 0 Å². The highest BCUT2D eigenvalue weighted by molar-refractivity contribution is 5.25. The van der Waals surface area contributed by atoms with Crippen molar-refractivity contribution in [3.8, 4) is 0 Å². The second-order valence-corrected chi connectivity index (χ2v) is 4.55. The monoisotopic (exact) mass is 221 g/mol. The third kappa shape index (κ3) is 2.62. The minimum atomic E-state index is -0.855. The molecule has 0 bridgehead atoms. The van der Waals surface area contributed by atoms with Crippen LogP contribution in [0.25, 0.3) is 0 Å². The van der Waals surface area contributed by atoms with Gasteiger partial charge in [0.25, 0.3) is 0 Å². The van der Waals surface area contributed by atoms with E-state index in [-0.39, 0.29) is 6.04 Å². The third-order valence-electron chi connectivity index (χ3n) is 3.41. The Morgan fingerprint density at radius 1 is 1.31 bits per heavy atom. The molecule has 2 rings (SSSR count). The average Bonchev–Trinajstić information content (AvgIpc) is 2.39. The Bertz CT molecular complexity index is 314. The van der Waals surface area contributed by atoms with Crippen LogP contribution in [0.5, 0.6) is 0 Å². The molecule has 0 aromatic heterocycles. The smallest absolute Gasteiger partial charge is 0.140 e. The number of rotatable bonds is 3. The lowest BCUT2D eigenvalue weighted by molar-refractivity contribution is 0.221. The molecule has 1 saturated heterocycles. The van der Waals surface area contributed by atoms with Crippen LogP contribution in [0.1, 0.15) is 43.5 Å². The Hall–Kier alpha value is -0.890. The van der Waals surface area contributed by atoms with Gasteiger partial charge >= 0.3 is 0 Å². The molecule has 0 spiro atoms. The van der Waals surface area contributed by atoms with Gasteiger partial charge in [-0.05, 0) is 36.9 Å². The molecule has 2 heteroatoms. The summed E-state index contributed by atoms with van der Waals surface area (Å²) in [4.78, 5) is 0. The molecule has 1 aromatic carbocycles. The number of hydrogen-bond donors (Lipinski definition) is 1. The molecule has 16 heavy (non-hydrogen) atoms. The van der Waals surface area contributed by atoms with Crippen LogP contribution in [0, 0.1) is 0 Å². The number of alkyl halides is 1. The van der Waals surface area contributed by atoms with Crippen LogP contribution in [0.15, 0.2) is 24.3 Å². The number of piperidine rings is 1. The number of benzene rings is 1. The van der Waals surface area contributed by atoms with E-state index in [0.29, 0.717) is 0 Å². The van der Waals surface area contributed by atoms with Gasteiger partial charge in [0.05, 0.1) is 0 Å². The lowest BCUT2D eigenvalue weighted by Gasteiger charge is -2.26. The molecule has 1 nitrogen and oxygen atoms in total. The molecule has 1 aliphatic rings. The molecular weight excluding hydrogens is 201 g/mol. The molecule has 0 radical (unpaired) electrons. The van der Waals surface area contributed by atoms with Crippen LogP contribution in [0.4, 0.5) is 4.39 Å². The maximum Gasteiger partial charge on any atom is 0.140 e. The Labute approximate surface area is 97.1 Å². The molecule has 1 N–H and O–H groups in total. The molecule has 2 atom stereocenters. The quantitative estimate of drug-likeness (QED) is 0.825. The van der Waals surface area contributed by atoms with Crippen molar-refractivity contribution in [2.24, 2.45) is 0 Å². The molecule has 1 aliphatic heterocycles. The van der Waals surface area contributed by atoms with Gasteiger partial charge in [-0.2, -0.15) is 0 Å². The van der Waals surface area contributed by atoms with Crippen LogP contribution in [0.3, 0.4) is 0 Å². The Morgan fingerprint density at radius 2 is 2.06 bits per heavy atom. The molecule has 1 heterocycles. The molecule has 0 amide bonds. The summed E-state index contributed by atoms with van der Waals surface area (Å²) in [5, 5.41) is 3.27. The normalized spacial score (nSPS) is 23.0. The molecule has 0 saturated carbocycles. The first-order valence-corrected chi connectivity index (χ1v) is 6.27. The lowest BCUT2D eigenvalue weighted by Crippen LogP contribution is -2.37. The molecular formula is C14H20FN. The van der Waals surface area contributed by atoms with Crippen molar-refractivity contribution >= 4 is 0 Å². The van der Waals surface area contributed by atoms with E-state index in [4.69, 9.17) is 0 Å². The summed E-state index contributed by atoms with van der Waals surface area (Å²) in [5.41, 5.74) is 2.09. The summed E-state index contributed by atoms with van der Waals surface area (Å²) in [6.45, 7) is 3.07. The van der Waals surface area contributed by atoms with Gasteiger partial charge in [-0.1, -0.05) is 37.6 Å². The van der Waals surface area contributed by atoms with Gasteiger partial charge in [0.2, 0.25) is 0 Å². The van der Waals surface area contributed by atoms with Crippen molar-refractivity contribution in [2.45, 2.75) is 44.8 Å². The summed E-state index contributed by atoms with van der Waals surface area (Å²) in [6.07, 6.45) is 3.44. The van der Waals surface area contributed by atoms with Gasteiger partial charge in [0.15, 0.2) is 0 Å². The zero-order chi connectivity index (χ0) is 11.4. The maximum absolute atomic E-state index is 14.2. The summed E-state index contributed by atoms with van der Waals surface area (Å²) in [7, 11) is 0. The van der Waals surface area contributed by atoms with Crippen molar-refractivity contribution in [3.63, 3.8) is 0 Å². The van der Waals surface area contributed by atoms with Crippen LogP contribution >= 0.6 is 0 Å². The van der Waals surface area contributed by atoms with Crippen molar-refractivity contribution in [3.05, 3.63) is 35.4 Å². The molecule has 1 fully saturated rings. The molecule has 1 aromatic rings. The van der Waals surface area contributed by atoms with Crippen molar-refractivity contribution in [1.82, 2.24) is 5.32 Å². The minimum Gasteiger partial charge on any atom is -0.311 e. The standard InChI is InChI=1S/C14H20FN/c1-2-11-6-8-12(9-7-11)14(15)13-5-3-4-10-16-13/h6-9,13-14,16H,2-5,10H2,1H3. The van der Waals surface area contributed by atoms with Gasteiger partial charge < -0.3 is 5.32 Å². The van der Waals surface area contributed by atoms with E-state index in [2.05, 4.69) is 12.2 Å². The predicted molar refractivity (Wildman–Crippen MR) is 65.3 cm³/mol. The first kappa shape index (κ1) is 11.6. The highest BCUT2D eigenvalue weighted by Gasteiger charge is 2.23. The fourth-order valence-electron chi connectivity index (χ4n) is 2.30. The molecule has 0 aliphatic carbocycles. The average molecular weight is 221 g/mol. The van der Waals surface area contributed by atoms with Crippen molar-refractivity contribution in [2.75, 3.05) is 6.54 Å². The predicted octanol–water partition coefficient (Wildman–Crippen LogP) is 3.40. The highest BCUT2D eigenvalue weighted by atomic mass is 19.1. The van der Waals surface area contributed by atoms with Gasteiger partial charge in [0.1, 0.15) is 6.17 Å². The Morgan fingerprint density at radius 3 is 2.62 bits per heavy atom. The molecule has 88 valence electrons. The summed E-state index contributed by atoms with van der Waals surface area (Å²) in [5.74, 6) is 0. The molecule has 2 unspecified atom stereocenters. The fraction of sp³-hybridized carbons (Fsp3) is 0.571. The summed E-state index contributed by atoms with van der Waals surface area (Å²) in [6, 6.07) is 7.94. The van der Waals surface area contributed by atoms with Gasteiger partial charge in [-0.25, -0.2) is 4.39 Å².